The Morgan fingerprint density at radius 2 is 1.53 bits per heavy atom. The molecule has 4 heteroatoms. The Morgan fingerprint density at radius 3 is 1.82 bits per heavy atom. The Morgan fingerprint density at radius 1 is 1.06 bits per heavy atom. The molecule has 0 bridgehead atoms. The van der Waals surface area contributed by atoms with Gasteiger partial charge in [-0.15, -0.1) is 0 Å². The molecule has 2 nitrogen and oxygen atoms in total. The molecular formula is C13H12FN2Y-. The van der Waals surface area contributed by atoms with E-state index in [1.807, 2.05) is 0 Å². The molecule has 0 saturated carbocycles. The minimum Gasteiger partial charge on any atom is -0.286 e. The number of halogens is 1. The molecule has 0 spiro atoms. The first-order chi connectivity index (χ1) is 7.77. The van der Waals surface area contributed by atoms with Gasteiger partial charge in [-0.05, 0) is 23.3 Å². The number of hydrogen-bond donors (Lipinski definition) is 0. The van der Waals surface area contributed by atoms with Crippen molar-refractivity contribution in [1.82, 2.24) is 9.97 Å². The molecule has 1 radical (unpaired) electrons. The normalized spacial score (nSPS) is 10.7. The number of aromatic nitrogens is 2. The zero-order valence-corrected chi connectivity index (χ0v) is 12.4. The van der Waals surface area contributed by atoms with Crippen LogP contribution in [-0.2, 0) is 38.4 Å². The summed E-state index contributed by atoms with van der Waals surface area (Å²) in [5, 5.41) is 0. The third-order valence-corrected chi connectivity index (χ3v) is 2.56. The summed E-state index contributed by atoms with van der Waals surface area (Å²) in [6.07, 6.45) is 7.84. The number of rotatable bonds is 3. The van der Waals surface area contributed by atoms with Gasteiger partial charge in [0.15, 0.2) is 0 Å². The number of pyridine rings is 2. The molecule has 0 aliphatic carbocycles. The van der Waals surface area contributed by atoms with Gasteiger partial charge in [0, 0.05) is 63.2 Å². The van der Waals surface area contributed by atoms with E-state index in [0.29, 0.717) is 11.1 Å². The molecule has 0 amide bonds. The van der Waals surface area contributed by atoms with Gasteiger partial charge in [-0.3, -0.25) is 20.8 Å². The SMILES string of the molecule is C[CH-]C(F)(c1cccnc1)c1cccnc1.[Y]. The molecule has 0 unspecified atom stereocenters. The summed E-state index contributed by atoms with van der Waals surface area (Å²) in [5.41, 5.74) is -0.585. The van der Waals surface area contributed by atoms with Crippen molar-refractivity contribution in [2.24, 2.45) is 0 Å². The minimum absolute atomic E-state index is 0. The van der Waals surface area contributed by atoms with Gasteiger partial charge in [0.1, 0.15) is 0 Å². The average molecular weight is 304 g/mol. The minimum atomic E-state index is -1.62. The van der Waals surface area contributed by atoms with E-state index in [9.17, 15) is 4.39 Å². The molecule has 2 heterocycles. The van der Waals surface area contributed by atoms with Gasteiger partial charge in [-0.2, -0.15) is 6.92 Å². The van der Waals surface area contributed by atoms with Crippen molar-refractivity contribution in [3.8, 4) is 0 Å². The number of nitrogens with zero attached hydrogens (tertiary/aromatic N) is 2. The standard InChI is InChI=1S/C13H12FN2.Y/c1-2-13(14,11-5-3-7-15-9-11)12-6-4-8-16-10-12;/h2-10H,1H3;/q-1;. The second-order valence-corrected chi connectivity index (χ2v) is 3.48. The topological polar surface area (TPSA) is 25.8 Å². The van der Waals surface area contributed by atoms with E-state index in [-0.39, 0.29) is 32.7 Å². The van der Waals surface area contributed by atoms with Gasteiger partial charge in [-0.25, -0.2) is 0 Å². The van der Waals surface area contributed by atoms with E-state index in [1.54, 1.807) is 43.6 Å². The van der Waals surface area contributed by atoms with Gasteiger partial charge >= 0.3 is 0 Å². The van der Waals surface area contributed by atoms with Crippen LogP contribution in [0.2, 0.25) is 0 Å². The van der Waals surface area contributed by atoms with E-state index in [1.165, 1.54) is 18.8 Å². The van der Waals surface area contributed by atoms with Crippen LogP contribution in [0.3, 0.4) is 0 Å². The Hall–Kier alpha value is -0.666. The zero-order chi connectivity index (χ0) is 11.4. The smallest absolute Gasteiger partial charge is 0.0435 e. The quantitative estimate of drug-likeness (QED) is 0.815. The number of hydrogen-bond acceptors (Lipinski definition) is 2. The van der Waals surface area contributed by atoms with E-state index in [2.05, 4.69) is 9.97 Å². The first kappa shape index (κ1) is 14.4. The van der Waals surface area contributed by atoms with Gasteiger partial charge in [0.2, 0.25) is 0 Å². The first-order valence-corrected chi connectivity index (χ1v) is 5.08. The molecule has 0 N–H and O–H groups in total. The van der Waals surface area contributed by atoms with Crippen molar-refractivity contribution < 1.29 is 37.1 Å². The Balaban J connectivity index is 0.00000144. The summed E-state index contributed by atoms with van der Waals surface area (Å²) in [7, 11) is 0. The van der Waals surface area contributed by atoms with E-state index < -0.39 is 5.67 Å². The maximum absolute atomic E-state index is 14.8. The molecule has 2 aromatic heterocycles. The summed E-state index contributed by atoms with van der Waals surface area (Å²) in [6, 6.07) is 6.90. The van der Waals surface area contributed by atoms with Crippen LogP contribution in [0.25, 0.3) is 0 Å². The summed E-state index contributed by atoms with van der Waals surface area (Å²) < 4.78 is 14.8. The van der Waals surface area contributed by atoms with Crippen LogP contribution in [0, 0.1) is 6.42 Å². The molecule has 0 atom stereocenters. The fraction of sp³-hybridized carbons (Fsp3) is 0.154. The van der Waals surface area contributed by atoms with Crippen LogP contribution in [0.5, 0.6) is 0 Å². The molecule has 0 aromatic carbocycles. The van der Waals surface area contributed by atoms with Crippen LogP contribution >= 0.6 is 0 Å². The predicted octanol–water partition coefficient (Wildman–Crippen LogP) is 2.91. The predicted molar refractivity (Wildman–Crippen MR) is 60.3 cm³/mol. The third-order valence-electron chi connectivity index (χ3n) is 2.56. The second kappa shape index (κ2) is 6.32. The first-order valence-electron chi connectivity index (χ1n) is 5.08. The maximum atomic E-state index is 14.8. The Bertz CT molecular complexity index is 408. The monoisotopic (exact) mass is 304 g/mol. The van der Waals surface area contributed by atoms with Crippen molar-refractivity contribution in [1.29, 1.82) is 0 Å². The molecule has 85 valence electrons. The third kappa shape index (κ3) is 2.96. The van der Waals surface area contributed by atoms with E-state index in [0.717, 1.165) is 0 Å². The number of alkyl halides is 1. The van der Waals surface area contributed by atoms with Crippen molar-refractivity contribution in [3.05, 3.63) is 66.6 Å². The van der Waals surface area contributed by atoms with Crippen LogP contribution in [-0.4, -0.2) is 9.97 Å². The van der Waals surface area contributed by atoms with Crippen LogP contribution < -0.4 is 0 Å². The van der Waals surface area contributed by atoms with Gasteiger partial charge < -0.3 is 0 Å². The Kier molecular flexibility index (Phi) is 5.35. The second-order valence-electron chi connectivity index (χ2n) is 3.48. The summed E-state index contributed by atoms with van der Waals surface area (Å²) >= 11 is 0. The summed E-state index contributed by atoms with van der Waals surface area (Å²) in [5.74, 6) is 0. The van der Waals surface area contributed by atoms with Crippen molar-refractivity contribution in [2.75, 3.05) is 0 Å². The molecule has 0 aliphatic heterocycles. The van der Waals surface area contributed by atoms with Gasteiger partial charge in [-0.1, -0.05) is 12.1 Å². The van der Waals surface area contributed by atoms with Gasteiger partial charge in [0.25, 0.3) is 0 Å². The average Bonchev–Trinajstić information content (AvgIpc) is 2.40. The molecule has 0 saturated heterocycles. The fourth-order valence-electron chi connectivity index (χ4n) is 1.66. The van der Waals surface area contributed by atoms with Crippen LogP contribution in [0.1, 0.15) is 18.1 Å². The Labute approximate surface area is 126 Å². The van der Waals surface area contributed by atoms with E-state index >= 15 is 0 Å². The molecule has 0 fully saturated rings. The summed E-state index contributed by atoms with van der Waals surface area (Å²) in [4.78, 5) is 7.89. The molecular weight excluding hydrogens is 292 g/mol. The molecule has 2 rings (SSSR count). The van der Waals surface area contributed by atoms with Crippen molar-refractivity contribution in [2.45, 2.75) is 12.6 Å². The molecule has 17 heavy (non-hydrogen) atoms. The fourth-order valence-corrected chi connectivity index (χ4v) is 1.66. The van der Waals surface area contributed by atoms with Crippen molar-refractivity contribution >= 4 is 0 Å². The zero-order valence-electron chi connectivity index (χ0n) is 9.55. The van der Waals surface area contributed by atoms with Crippen LogP contribution in [0.15, 0.2) is 49.1 Å². The molecule has 2 aromatic rings. The van der Waals surface area contributed by atoms with Gasteiger partial charge in [0.05, 0.1) is 0 Å². The van der Waals surface area contributed by atoms with Crippen LogP contribution in [0.4, 0.5) is 4.39 Å². The van der Waals surface area contributed by atoms with Crippen molar-refractivity contribution in [3.63, 3.8) is 0 Å². The van der Waals surface area contributed by atoms with E-state index in [4.69, 9.17) is 0 Å². The maximum Gasteiger partial charge on any atom is 0.0435 e. The largest absolute Gasteiger partial charge is 0.286 e. The molecule has 0 aliphatic rings. The summed E-state index contributed by atoms with van der Waals surface area (Å²) in [6.45, 7) is 1.69.